The van der Waals surface area contributed by atoms with E-state index in [1.54, 1.807) is 20.8 Å². The summed E-state index contributed by atoms with van der Waals surface area (Å²) in [6.45, 7) is 11.2. The molecule has 3 atom stereocenters. The minimum atomic E-state index is -0.567. The summed E-state index contributed by atoms with van der Waals surface area (Å²) in [5, 5.41) is 3.11. The van der Waals surface area contributed by atoms with Crippen molar-refractivity contribution in [3.63, 3.8) is 0 Å². The molecule has 0 aromatic carbocycles. The van der Waals surface area contributed by atoms with Crippen molar-refractivity contribution < 1.29 is 33.5 Å². The van der Waals surface area contributed by atoms with Crippen molar-refractivity contribution in [2.75, 3.05) is 38.2 Å². The van der Waals surface area contributed by atoms with Crippen molar-refractivity contribution >= 4 is 34.2 Å². The molecule has 0 aliphatic carbocycles. The summed E-state index contributed by atoms with van der Waals surface area (Å²) < 4.78 is 15.9. The number of rotatable bonds is 7. The number of amides is 1. The standard InChI is InChI=1S/C19H28N2O6S/c1-6-25-18(23)15-13(5)16(19(24)26-7-2)28-17(15)20-14(22)10-21-8-11(3)27-12(4)9-21/h11-12H,6-10H2,1-5H3,(H,20,22)/p+1/t11-,12+. The van der Waals surface area contributed by atoms with Crippen LogP contribution in [0.15, 0.2) is 0 Å². The lowest BCUT2D eigenvalue weighted by Gasteiger charge is -2.31. The first-order chi connectivity index (χ1) is 13.3. The predicted octanol–water partition coefficient (Wildman–Crippen LogP) is 1.04. The normalized spacial score (nSPS) is 21.8. The highest BCUT2D eigenvalue weighted by Gasteiger charge is 2.30. The van der Waals surface area contributed by atoms with Crippen LogP contribution in [-0.2, 0) is 19.0 Å². The first-order valence-corrected chi connectivity index (χ1v) is 10.3. The predicted molar refractivity (Wildman–Crippen MR) is 105 cm³/mol. The van der Waals surface area contributed by atoms with Crippen molar-refractivity contribution in [2.24, 2.45) is 0 Å². The van der Waals surface area contributed by atoms with Gasteiger partial charge in [-0.2, -0.15) is 0 Å². The van der Waals surface area contributed by atoms with Gasteiger partial charge in [0.05, 0.1) is 18.8 Å². The Hall–Kier alpha value is -1.97. The minimum Gasteiger partial charge on any atom is -0.462 e. The second-order valence-electron chi connectivity index (χ2n) is 6.84. The van der Waals surface area contributed by atoms with Gasteiger partial charge in [0.2, 0.25) is 0 Å². The van der Waals surface area contributed by atoms with Gasteiger partial charge in [-0.3, -0.25) is 4.79 Å². The fourth-order valence-electron chi connectivity index (χ4n) is 3.37. The van der Waals surface area contributed by atoms with Crippen LogP contribution in [0.1, 0.15) is 53.3 Å². The van der Waals surface area contributed by atoms with Crippen LogP contribution < -0.4 is 10.2 Å². The van der Waals surface area contributed by atoms with Crippen LogP contribution >= 0.6 is 11.3 Å². The van der Waals surface area contributed by atoms with Crippen LogP contribution in [0.5, 0.6) is 0 Å². The molecule has 0 spiro atoms. The number of thiophene rings is 1. The van der Waals surface area contributed by atoms with Crippen LogP contribution in [0, 0.1) is 6.92 Å². The van der Waals surface area contributed by atoms with E-state index >= 15 is 0 Å². The molecule has 1 saturated heterocycles. The molecule has 9 heteroatoms. The van der Waals surface area contributed by atoms with E-state index in [2.05, 4.69) is 5.32 Å². The van der Waals surface area contributed by atoms with E-state index in [4.69, 9.17) is 14.2 Å². The Morgan fingerprint density at radius 2 is 1.68 bits per heavy atom. The van der Waals surface area contributed by atoms with Gasteiger partial charge in [0.15, 0.2) is 6.54 Å². The molecule has 2 rings (SSSR count). The largest absolute Gasteiger partial charge is 0.462 e. The third-order valence-electron chi connectivity index (χ3n) is 4.37. The Labute approximate surface area is 169 Å². The molecule has 2 heterocycles. The molecule has 1 aliphatic rings. The van der Waals surface area contributed by atoms with Gasteiger partial charge in [-0.15, -0.1) is 11.3 Å². The highest BCUT2D eigenvalue weighted by atomic mass is 32.1. The topological polar surface area (TPSA) is 95.4 Å². The van der Waals surface area contributed by atoms with E-state index in [1.807, 2.05) is 13.8 Å². The quantitative estimate of drug-likeness (QED) is 0.649. The number of hydrogen-bond donors (Lipinski definition) is 2. The van der Waals surface area contributed by atoms with Crippen LogP contribution in [0.4, 0.5) is 5.00 Å². The van der Waals surface area contributed by atoms with Gasteiger partial charge in [0, 0.05) is 0 Å². The zero-order chi connectivity index (χ0) is 20.8. The summed E-state index contributed by atoms with van der Waals surface area (Å²) >= 11 is 1.04. The molecule has 1 amide bonds. The molecule has 1 fully saturated rings. The minimum absolute atomic E-state index is 0.0843. The molecular weight excluding hydrogens is 384 g/mol. The summed E-state index contributed by atoms with van der Waals surface area (Å²) in [6.07, 6.45) is 0.169. The van der Waals surface area contributed by atoms with Gasteiger partial charge >= 0.3 is 11.9 Å². The summed E-state index contributed by atoms with van der Waals surface area (Å²) in [5.74, 6) is -1.31. The van der Waals surface area contributed by atoms with E-state index < -0.39 is 11.9 Å². The van der Waals surface area contributed by atoms with Gasteiger partial charge in [-0.25, -0.2) is 9.59 Å². The van der Waals surface area contributed by atoms with Crippen LogP contribution in [0.2, 0.25) is 0 Å². The van der Waals surface area contributed by atoms with E-state index in [0.29, 0.717) is 15.4 Å². The fraction of sp³-hybridized carbons (Fsp3) is 0.632. The number of nitrogens with one attached hydrogen (secondary N) is 2. The van der Waals surface area contributed by atoms with E-state index in [9.17, 15) is 14.4 Å². The highest BCUT2D eigenvalue weighted by molar-refractivity contribution is 7.18. The van der Waals surface area contributed by atoms with Crippen molar-refractivity contribution in [2.45, 2.75) is 46.8 Å². The zero-order valence-corrected chi connectivity index (χ0v) is 17.9. The third kappa shape index (κ3) is 5.52. The maximum atomic E-state index is 12.6. The molecule has 8 nitrogen and oxygen atoms in total. The second kappa shape index (κ2) is 9.99. The lowest BCUT2D eigenvalue weighted by molar-refractivity contribution is -0.907. The van der Waals surface area contributed by atoms with E-state index in [-0.39, 0.29) is 43.4 Å². The average Bonchev–Trinajstić information content (AvgIpc) is 2.90. The number of morpholine rings is 1. The molecule has 28 heavy (non-hydrogen) atoms. The maximum Gasteiger partial charge on any atom is 0.348 e. The lowest BCUT2D eigenvalue weighted by atomic mass is 10.1. The highest BCUT2D eigenvalue weighted by Crippen LogP contribution is 2.34. The van der Waals surface area contributed by atoms with Gasteiger partial charge in [-0.05, 0) is 40.2 Å². The molecule has 2 N–H and O–H groups in total. The number of anilines is 1. The number of esters is 2. The summed E-state index contributed by atoms with van der Waals surface area (Å²) in [6, 6.07) is 0. The molecule has 0 saturated carbocycles. The molecular formula is C19H29N2O6S+. The van der Waals surface area contributed by atoms with Crippen molar-refractivity contribution in [1.29, 1.82) is 0 Å². The SMILES string of the molecule is CCOC(=O)c1sc(NC(=O)C[NH+]2C[C@@H](C)O[C@@H](C)C2)c(C(=O)OCC)c1C. The van der Waals surface area contributed by atoms with Crippen LogP contribution in [0.25, 0.3) is 0 Å². The number of hydrogen-bond acceptors (Lipinski definition) is 7. The Kier molecular flexibility index (Phi) is 7.97. The van der Waals surface area contributed by atoms with Gasteiger partial charge in [-0.1, -0.05) is 0 Å². The number of carbonyl (C=O) groups is 3. The zero-order valence-electron chi connectivity index (χ0n) is 17.0. The molecule has 1 aliphatic heterocycles. The average molecular weight is 414 g/mol. The summed E-state index contributed by atoms with van der Waals surface area (Å²) in [5.41, 5.74) is 0.667. The maximum absolute atomic E-state index is 12.6. The Bertz CT molecular complexity index is 722. The van der Waals surface area contributed by atoms with Gasteiger partial charge in [0.1, 0.15) is 35.2 Å². The van der Waals surface area contributed by atoms with Gasteiger partial charge in [0.25, 0.3) is 5.91 Å². The first kappa shape index (κ1) is 22.3. The monoisotopic (exact) mass is 413 g/mol. The molecule has 1 aromatic heterocycles. The van der Waals surface area contributed by atoms with Crippen LogP contribution in [-0.4, -0.2) is 62.9 Å². The van der Waals surface area contributed by atoms with E-state index in [1.165, 1.54) is 0 Å². The molecule has 0 radical (unpaired) electrons. The fourth-order valence-corrected chi connectivity index (χ4v) is 4.48. The van der Waals surface area contributed by atoms with Crippen LogP contribution in [0.3, 0.4) is 0 Å². The number of quaternary nitrogens is 1. The van der Waals surface area contributed by atoms with E-state index in [0.717, 1.165) is 29.3 Å². The lowest BCUT2D eigenvalue weighted by Crippen LogP contribution is -3.16. The smallest absolute Gasteiger partial charge is 0.348 e. The van der Waals surface area contributed by atoms with Crippen molar-refractivity contribution in [1.82, 2.24) is 0 Å². The first-order valence-electron chi connectivity index (χ1n) is 9.53. The van der Waals surface area contributed by atoms with Crippen molar-refractivity contribution in [3.8, 4) is 0 Å². The second-order valence-corrected chi connectivity index (χ2v) is 7.86. The summed E-state index contributed by atoms with van der Waals surface area (Å²) in [7, 11) is 0. The Balaban J connectivity index is 2.20. The Morgan fingerprint density at radius 1 is 1.11 bits per heavy atom. The van der Waals surface area contributed by atoms with Gasteiger partial charge < -0.3 is 24.4 Å². The molecule has 1 aromatic rings. The molecule has 1 unspecified atom stereocenters. The third-order valence-corrected chi connectivity index (χ3v) is 5.55. The Morgan fingerprint density at radius 3 is 2.25 bits per heavy atom. The molecule has 156 valence electrons. The number of carbonyl (C=O) groups excluding carboxylic acids is 3. The number of ether oxygens (including phenoxy) is 3. The molecule has 0 bridgehead atoms. The summed E-state index contributed by atoms with van der Waals surface area (Å²) in [4.78, 5) is 38.6. The van der Waals surface area contributed by atoms with Crippen molar-refractivity contribution in [3.05, 3.63) is 16.0 Å².